The number of carboxylic acid groups (broad SMARTS) is 1. The lowest BCUT2D eigenvalue weighted by atomic mass is 9.96. The predicted molar refractivity (Wildman–Crippen MR) is 126 cm³/mol. The molecule has 0 radical (unpaired) electrons. The molecular weight excluding hydrogens is 487 g/mol. The molecule has 2 N–H and O–H groups in total. The summed E-state index contributed by atoms with van der Waals surface area (Å²) in [7, 11) is 0. The highest BCUT2D eigenvalue weighted by Gasteiger charge is 2.38. The number of halogens is 4. The Morgan fingerprint density at radius 3 is 2.40 bits per heavy atom. The van der Waals surface area contributed by atoms with E-state index in [1.165, 1.54) is 5.56 Å². The molecule has 11 heteroatoms. The molecule has 0 aliphatic carbocycles. The minimum atomic E-state index is -5.08. The van der Waals surface area contributed by atoms with E-state index < -0.39 is 12.1 Å². The summed E-state index contributed by atoms with van der Waals surface area (Å²) < 4.78 is 37.7. The number of alkyl halides is 3. The Hall–Kier alpha value is -2.56. The summed E-state index contributed by atoms with van der Waals surface area (Å²) in [6.07, 6.45) is 0.0388. The lowest BCUT2D eigenvalue weighted by Gasteiger charge is -2.46. The van der Waals surface area contributed by atoms with Gasteiger partial charge in [-0.3, -0.25) is 4.90 Å². The average molecular weight is 516 g/mol. The largest absolute Gasteiger partial charge is 0.504 e. The Morgan fingerprint density at radius 1 is 1.20 bits per heavy atom. The molecule has 2 aliphatic heterocycles. The molecule has 0 spiro atoms. The zero-order valence-corrected chi connectivity index (χ0v) is 20.0. The van der Waals surface area contributed by atoms with Gasteiger partial charge >= 0.3 is 12.1 Å². The third-order valence-electron chi connectivity index (χ3n) is 6.14. The van der Waals surface area contributed by atoms with Crippen LogP contribution in [0.3, 0.4) is 0 Å². The minimum absolute atomic E-state index is 0.263. The zero-order valence-electron chi connectivity index (χ0n) is 19.3. The van der Waals surface area contributed by atoms with Crippen molar-refractivity contribution >= 4 is 23.4 Å². The molecule has 0 amide bonds. The average Bonchev–Trinajstić information content (AvgIpc) is 2.82. The van der Waals surface area contributed by atoms with Gasteiger partial charge in [0.25, 0.3) is 0 Å². The number of carboxylic acids is 1. The lowest BCUT2D eigenvalue weighted by Crippen LogP contribution is -2.56. The quantitative estimate of drug-likeness (QED) is 0.625. The number of piperidine rings is 1. The van der Waals surface area contributed by atoms with E-state index in [9.17, 15) is 18.3 Å². The van der Waals surface area contributed by atoms with Crippen molar-refractivity contribution in [3.05, 3.63) is 53.2 Å². The fourth-order valence-electron chi connectivity index (χ4n) is 4.43. The molecule has 0 bridgehead atoms. The van der Waals surface area contributed by atoms with E-state index >= 15 is 0 Å². The molecule has 0 saturated carbocycles. The molecule has 4 rings (SSSR count). The van der Waals surface area contributed by atoms with Crippen LogP contribution in [0.5, 0.6) is 5.75 Å². The number of nitrogens with zero attached hydrogens (tertiary/aromatic N) is 3. The first-order chi connectivity index (χ1) is 16.5. The maximum Gasteiger partial charge on any atom is 0.490 e. The highest BCUT2D eigenvalue weighted by atomic mass is 35.5. The van der Waals surface area contributed by atoms with Gasteiger partial charge < -0.3 is 19.8 Å². The Labute approximate surface area is 207 Å². The summed E-state index contributed by atoms with van der Waals surface area (Å²) in [4.78, 5) is 18.1. The van der Waals surface area contributed by atoms with E-state index in [1.54, 1.807) is 18.3 Å². The minimum Gasteiger partial charge on any atom is -0.504 e. The number of benzene rings is 1. The van der Waals surface area contributed by atoms with Crippen LogP contribution in [0.15, 0.2) is 42.6 Å². The van der Waals surface area contributed by atoms with Crippen LogP contribution in [-0.2, 0) is 16.0 Å². The van der Waals surface area contributed by atoms with Crippen LogP contribution < -0.4 is 4.90 Å². The van der Waals surface area contributed by atoms with Crippen molar-refractivity contribution in [2.75, 3.05) is 31.1 Å². The fourth-order valence-corrected chi connectivity index (χ4v) is 4.55. The summed E-state index contributed by atoms with van der Waals surface area (Å²) in [5.74, 6) is -1.79. The van der Waals surface area contributed by atoms with Crippen LogP contribution in [0.4, 0.5) is 19.0 Å². The zero-order chi connectivity index (χ0) is 25.6. The number of hydrogen-bond acceptors (Lipinski definition) is 6. The van der Waals surface area contributed by atoms with Gasteiger partial charge in [0.05, 0.1) is 12.7 Å². The number of aliphatic carboxylic acids is 1. The van der Waals surface area contributed by atoms with Crippen molar-refractivity contribution in [2.45, 2.75) is 50.6 Å². The van der Waals surface area contributed by atoms with Gasteiger partial charge in [-0.05, 0) is 56.0 Å². The lowest BCUT2D eigenvalue weighted by molar-refractivity contribution is -0.192. The monoisotopic (exact) mass is 515 g/mol. The molecule has 2 fully saturated rings. The molecule has 2 atom stereocenters. The van der Waals surface area contributed by atoms with Gasteiger partial charge in [-0.25, -0.2) is 9.78 Å². The maximum absolute atomic E-state index is 10.6. The summed E-state index contributed by atoms with van der Waals surface area (Å²) in [6.45, 7) is 5.72. The first kappa shape index (κ1) is 27.0. The van der Waals surface area contributed by atoms with Gasteiger partial charge in [0, 0.05) is 42.9 Å². The van der Waals surface area contributed by atoms with Gasteiger partial charge in [-0.2, -0.15) is 13.2 Å². The fraction of sp³-hybridized carbons (Fsp3) is 0.500. The first-order valence-electron chi connectivity index (χ1n) is 11.4. The predicted octanol–water partition coefficient (Wildman–Crippen LogP) is 4.37. The molecule has 7 nitrogen and oxygen atoms in total. The molecular formula is C24H29ClF3N3O4. The van der Waals surface area contributed by atoms with Crippen molar-refractivity contribution in [1.82, 2.24) is 9.88 Å². The number of aromatic nitrogens is 1. The Kier molecular flexibility index (Phi) is 9.21. The van der Waals surface area contributed by atoms with Crippen LogP contribution in [0.2, 0.25) is 5.02 Å². The summed E-state index contributed by atoms with van der Waals surface area (Å²) in [6, 6.07) is 12.6. The SMILES string of the molecule is C[C@H]1CN(C2CCN(c3ncccc3O)CC2)[C@@H](Cc2ccc(Cl)cc2)CO1.O=C(O)C(F)(F)F. The molecule has 3 heterocycles. The second-order valence-corrected chi connectivity index (χ2v) is 9.13. The van der Waals surface area contributed by atoms with E-state index in [2.05, 4.69) is 33.8 Å². The number of morpholine rings is 1. The third-order valence-corrected chi connectivity index (χ3v) is 6.39. The van der Waals surface area contributed by atoms with E-state index in [0.717, 1.165) is 50.5 Å². The van der Waals surface area contributed by atoms with Crippen molar-refractivity contribution < 1.29 is 32.9 Å². The van der Waals surface area contributed by atoms with Gasteiger partial charge in [-0.1, -0.05) is 23.7 Å². The second-order valence-electron chi connectivity index (χ2n) is 8.69. The van der Waals surface area contributed by atoms with Gasteiger partial charge in [-0.15, -0.1) is 0 Å². The molecule has 2 saturated heterocycles. The number of carbonyl (C=O) groups is 1. The number of ether oxygens (including phenoxy) is 1. The Morgan fingerprint density at radius 2 is 1.83 bits per heavy atom. The number of rotatable bonds is 4. The van der Waals surface area contributed by atoms with Gasteiger partial charge in [0.2, 0.25) is 0 Å². The normalized spacial score (nSPS) is 21.8. The molecule has 2 aromatic rings. The molecule has 1 aromatic carbocycles. The van der Waals surface area contributed by atoms with Crippen LogP contribution in [0.1, 0.15) is 25.3 Å². The van der Waals surface area contributed by atoms with E-state index in [1.807, 2.05) is 12.1 Å². The number of anilines is 1. The van der Waals surface area contributed by atoms with Crippen LogP contribution in [0.25, 0.3) is 0 Å². The van der Waals surface area contributed by atoms with Crippen molar-refractivity contribution in [3.63, 3.8) is 0 Å². The maximum atomic E-state index is 10.6. The number of pyridine rings is 1. The number of hydrogen-bond donors (Lipinski definition) is 2. The highest BCUT2D eigenvalue weighted by molar-refractivity contribution is 6.30. The van der Waals surface area contributed by atoms with Crippen molar-refractivity contribution in [3.8, 4) is 5.75 Å². The molecule has 1 aromatic heterocycles. The molecule has 192 valence electrons. The summed E-state index contributed by atoms with van der Waals surface area (Å²) in [5.41, 5.74) is 1.30. The van der Waals surface area contributed by atoms with Crippen molar-refractivity contribution in [2.24, 2.45) is 0 Å². The first-order valence-corrected chi connectivity index (χ1v) is 11.7. The molecule has 2 aliphatic rings. The third kappa shape index (κ3) is 7.71. The van der Waals surface area contributed by atoms with Gasteiger partial charge in [0.1, 0.15) is 0 Å². The van der Waals surface area contributed by atoms with Crippen LogP contribution in [0, 0.1) is 0 Å². The standard InChI is InChI=1S/C22H28ClN3O2.C2HF3O2/c1-16-14-26(20(15-28-16)13-17-4-6-18(23)7-5-17)19-8-11-25(12-9-19)22-21(27)3-2-10-24-22;3-2(4,5)1(6)7/h2-7,10,16,19-20,27H,8-9,11-15H2,1H3;(H,6,7)/t16-,20-;/m0./s1. The second kappa shape index (κ2) is 11.9. The van der Waals surface area contributed by atoms with Gasteiger partial charge in [0.15, 0.2) is 11.6 Å². The van der Waals surface area contributed by atoms with E-state index in [-0.39, 0.29) is 11.9 Å². The highest BCUT2D eigenvalue weighted by Crippen LogP contribution is 2.30. The smallest absolute Gasteiger partial charge is 0.490 e. The molecule has 0 unspecified atom stereocenters. The Balaban J connectivity index is 0.000000429. The number of aromatic hydroxyl groups is 1. The van der Waals surface area contributed by atoms with E-state index in [4.69, 9.17) is 26.2 Å². The summed E-state index contributed by atoms with van der Waals surface area (Å²) in [5, 5.41) is 18.0. The topological polar surface area (TPSA) is 86.1 Å². The van der Waals surface area contributed by atoms with Crippen LogP contribution >= 0.6 is 11.6 Å². The summed E-state index contributed by atoms with van der Waals surface area (Å²) >= 11 is 6.04. The van der Waals surface area contributed by atoms with Crippen molar-refractivity contribution in [1.29, 1.82) is 0 Å². The molecule has 35 heavy (non-hydrogen) atoms. The van der Waals surface area contributed by atoms with E-state index in [0.29, 0.717) is 17.9 Å². The Bertz CT molecular complexity index is 969. The van der Waals surface area contributed by atoms with Crippen LogP contribution in [-0.4, -0.2) is 76.7 Å².